The highest BCUT2D eigenvalue weighted by atomic mass is 16.2. The van der Waals surface area contributed by atoms with Crippen LogP contribution in [0.4, 0.5) is 0 Å². The predicted molar refractivity (Wildman–Crippen MR) is 78.0 cm³/mol. The second-order valence-corrected chi connectivity index (χ2v) is 5.93. The zero-order chi connectivity index (χ0) is 13.8. The molecule has 3 unspecified atom stereocenters. The van der Waals surface area contributed by atoms with Gasteiger partial charge in [-0.15, -0.1) is 0 Å². The van der Waals surface area contributed by atoms with Gasteiger partial charge in [0.2, 0.25) is 5.91 Å². The van der Waals surface area contributed by atoms with E-state index in [0.29, 0.717) is 18.6 Å². The van der Waals surface area contributed by atoms with Gasteiger partial charge in [0.05, 0.1) is 6.04 Å². The Kier molecular flexibility index (Phi) is 4.99. The fraction of sp³-hybridized carbons (Fsp3) is 0.800. The van der Waals surface area contributed by atoms with E-state index in [0.717, 1.165) is 19.5 Å². The molecule has 2 heterocycles. The van der Waals surface area contributed by atoms with Gasteiger partial charge in [-0.1, -0.05) is 11.6 Å². The van der Waals surface area contributed by atoms with E-state index < -0.39 is 0 Å². The number of nitrogens with zero attached hydrogens (tertiary/aromatic N) is 1. The van der Waals surface area contributed by atoms with Gasteiger partial charge < -0.3 is 10.6 Å². The molecule has 1 amide bonds. The molecule has 0 aromatic carbocycles. The highest BCUT2D eigenvalue weighted by Crippen LogP contribution is 2.25. The molecule has 2 rings (SSSR count). The lowest BCUT2D eigenvalue weighted by molar-refractivity contribution is -0.126. The van der Waals surface area contributed by atoms with Crippen molar-refractivity contribution in [2.45, 2.75) is 58.2 Å². The molecule has 3 atom stereocenters. The lowest BCUT2D eigenvalue weighted by atomic mass is 10.1. The standard InChI is InChI=1S/C15H27N3O/c1-11-4-5-12(2)18(11)13(3)15(19)17-10-14-6-8-16-9-7-14/h6,11-13,16H,4-5,7-10H2,1-3H3,(H,17,19). The quantitative estimate of drug-likeness (QED) is 0.753. The van der Waals surface area contributed by atoms with E-state index in [1.165, 1.54) is 18.4 Å². The van der Waals surface area contributed by atoms with Crippen molar-refractivity contribution in [3.05, 3.63) is 11.6 Å². The third kappa shape index (κ3) is 3.57. The number of hydrogen-bond acceptors (Lipinski definition) is 3. The van der Waals surface area contributed by atoms with Crippen LogP contribution in [0.25, 0.3) is 0 Å². The van der Waals surface area contributed by atoms with Crippen molar-refractivity contribution in [1.29, 1.82) is 0 Å². The number of amides is 1. The number of hydrogen-bond donors (Lipinski definition) is 2. The Morgan fingerprint density at radius 3 is 2.74 bits per heavy atom. The highest BCUT2D eigenvalue weighted by Gasteiger charge is 2.34. The zero-order valence-electron chi connectivity index (χ0n) is 12.4. The van der Waals surface area contributed by atoms with E-state index in [-0.39, 0.29) is 11.9 Å². The summed E-state index contributed by atoms with van der Waals surface area (Å²) in [4.78, 5) is 14.6. The number of carbonyl (C=O) groups is 1. The minimum absolute atomic E-state index is 0.0187. The van der Waals surface area contributed by atoms with Crippen LogP contribution >= 0.6 is 0 Å². The Hall–Kier alpha value is -0.870. The summed E-state index contributed by atoms with van der Waals surface area (Å²) in [6.45, 7) is 9.15. The second-order valence-electron chi connectivity index (χ2n) is 5.93. The monoisotopic (exact) mass is 265 g/mol. The molecule has 0 radical (unpaired) electrons. The number of carbonyl (C=O) groups excluding carboxylic acids is 1. The lowest BCUT2D eigenvalue weighted by Gasteiger charge is -2.31. The summed E-state index contributed by atoms with van der Waals surface area (Å²) in [5, 5.41) is 6.38. The number of rotatable bonds is 4. The van der Waals surface area contributed by atoms with Crippen molar-refractivity contribution in [3.63, 3.8) is 0 Å². The van der Waals surface area contributed by atoms with Gasteiger partial charge in [0.15, 0.2) is 0 Å². The molecule has 2 aliphatic heterocycles. The maximum absolute atomic E-state index is 12.3. The summed E-state index contributed by atoms with van der Waals surface area (Å²) >= 11 is 0. The van der Waals surface area contributed by atoms with Crippen LogP contribution in [-0.2, 0) is 4.79 Å². The first-order valence-electron chi connectivity index (χ1n) is 7.53. The Balaban J connectivity index is 1.83. The molecule has 0 aromatic rings. The van der Waals surface area contributed by atoms with Gasteiger partial charge in [-0.2, -0.15) is 0 Å². The molecule has 19 heavy (non-hydrogen) atoms. The minimum atomic E-state index is -0.0187. The number of nitrogens with one attached hydrogen (secondary N) is 2. The van der Waals surface area contributed by atoms with E-state index >= 15 is 0 Å². The largest absolute Gasteiger partial charge is 0.351 e. The van der Waals surface area contributed by atoms with Crippen LogP contribution in [0, 0.1) is 0 Å². The maximum atomic E-state index is 12.3. The fourth-order valence-electron chi connectivity index (χ4n) is 3.29. The fourth-order valence-corrected chi connectivity index (χ4v) is 3.29. The van der Waals surface area contributed by atoms with Crippen molar-refractivity contribution in [1.82, 2.24) is 15.5 Å². The molecule has 0 saturated carbocycles. The first kappa shape index (κ1) is 14.5. The zero-order valence-corrected chi connectivity index (χ0v) is 12.4. The number of likely N-dealkylation sites (tertiary alicyclic amines) is 1. The summed E-state index contributed by atoms with van der Waals surface area (Å²) in [5.41, 5.74) is 1.35. The van der Waals surface area contributed by atoms with Crippen molar-refractivity contribution in [2.75, 3.05) is 19.6 Å². The normalized spacial score (nSPS) is 29.9. The molecule has 0 spiro atoms. The maximum Gasteiger partial charge on any atom is 0.237 e. The van der Waals surface area contributed by atoms with E-state index in [2.05, 4.69) is 35.5 Å². The van der Waals surface area contributed by atoms with Gasteiger partial charge in [-0.3, -0.25) is 9.69 Å². The molecular weight excluding hydrogens is 238 g/mol. The highest BCUT2D eigenvalue weighted by molar-refractivity contribution is 5.81. The molecule has 1 saturated heterocycles. The molecular formula is C15H27N3O. The second kappa shape index (κ2) is 6.53. The van der Waals surface area contributed by atoms with Crippen LogP contribution < -0.4 is 10.6 Å². The van der Waals surface area contributed by atoms with Crippen LogP contribution in [-0.4, -0.2) is 48.6 Å². The van der Waals surface area contributed by atoms with Crippen LogP contribution in [0.1, 0.15) is 40.0 Å². The average Bonchev–Trinajstić information content (AvgIpc) is 2.76. The van der Waals surface area contributed by atoms with Crippen LogP contribution in [0.5, 0.6) is 0 Å². The van der Waals surface area contributed by atoms with Crippen molar-refractivity contribution in [2.24, 2.45) is 0 Å². The minimum Gasteiger partial charge on any atom is -0.351 e. The van der Waals surface area contributed by atoms with Crippen LogP contribution in [0.15, 0.2) is 11.6 Å². The summed E-state index contributed by atoms with van der Waals surface area (Å²) in [6, 6.07) is 1.03. The predicted octanol–water partition coefficient (Wildman–Crippen LogP) is 1.28. The van der Waals surface area contributed by atoms with E-state index in [9.17, 15) is 4.79 Å². The molecule has 2 N–H and O–H groups in total. The Morgan fingerprint density at radius 2 is 2.16 bits per heavy atom. The molecule has 0 aliphatic carbocycles. The average molecular weight is 265 g/mol. The van der Waals surface area contributed by atoms with E-state index in [1.807, 2.05) is 6.92 Å². The Bertz CT molecular complexity index is 343. The lowest BCUT2D eigenvalue weighted by Crippen LogP contribution is -2.49. The van der Waals surface area contributed by atoms with Gasteiger partial charge in [0.1, 0.15) is 0 Å². The first-order valence-corrected chi connectivity index (χ1v) is 7.53. The van der Waals surface area contributed by atoms with Crippen molar-refractivity contribution >= 4 is 5.91 Å². The van der Waals surface area contributed by atoms with Gasteiger partial charge in [0, 0.05) is 25.2 Å². The molecule has 1 fully saturated rings. The van der Waals surface area contributed by atoms with Crippen LogP contribution in [0.3, 0.4) is 0 Å². The molecule has 108 valence electrons. The van der Waals surface area contributed by atoms with E-state index in [1.54, 1.807) is 0 Å². The molecule has 2 aliphatic rings. The third-order valence-electron chi connectivity index (χ3n) is 4.49. The topological polar surface area (TPSA) is 44.4 Å². The SMILES string of the molecule is CC1CCC(C)N1C(C)C(=O)NCC1=CCNCC1. The van der Waals surface area contributed by atoms with Gasteiger partial charge in [-0.25, -0.2) is 0 Å². The molecule has 4 heteroatoms. The van der Waals surface area contributed by atoms with Crippen molar-refractivity contribution in [3.8, 4) is 0 Å². The summed E-state index contributed by atoms with van der Waals surface area (Å²) in [5.74, 6) is 0.167. The Labute approximate surface area is 116 Å². The van der Waals surface area contributed by atoms with Gasteiger partial charge in [-0.05, 0) is 46.6 Å². The molecule has 4 nitrogen and oxygen atoms in total. The smallest absolute Gasteiger partial charge is 0.237 e. The van der Waals surface area contributed by atoms with E-state index in [4.69, 9.17) is 0 Å². The third-order valence-corrected chi connectivity index (χ3v) is 4.49. The first-order chi connectivity index (χ1) is 9.09. The van der Waals surface area contributed by atoms with Gasteiger partial charge in [0.25, 0.3) is 0 Å². The molecule has 0 bridgehead atoms. The summed E-state index contributed by atoms with van der Waals surface area (Å²) in [7, 11) is 0. The van der Waals surface area contributed by atoms with Gasteiger partial charge >= 0.3 is 0 Å². The summed E-state index contributed by atoms with van der Waals surface area (Å²) < 4.78 is 0. The van der Waals surface area contributed by atoms with Crippen molar-refractivity contribution < 1.29 is 4.79 Å². The van der Waals surface area contributed by atoms with Crippen LogP contribution in [0.2, 0.25) is 0 Å². The Morgan fingerprint density at radius 1 is 1.47 bits per heavy atom. The summed E-state index contributed by atoms with van der Waals surface area (Å²) in [6.07, 6.45) is 5.64. The molecule has 0 aromatic heterocycles.